The van der Waals surface area contributed by atoms with Crippen LogP contribution >= 0.6 is 69.9 Å². The fourth-order valence-corrected chi connectivity index (χ4v) is 6.88. The van der Waals surface area contributed by atoms with Crippen molar-refractivity contribution in [3.05, 3.63) is 104 Å². The van der Waals surface area contributed by atoms with Crippen LogP contribution in [0.25, 0.3) is 0 Å². The van der Waals surface area contributed by atoms with E-state index in [2.05, 4.69) is 5.32 Å². The Labute approximate surface area is 257 Å². The number of fused-ring (bicyclic) bond motifs is 2. The summed E-state index contributed by atoms with van der Waals surface area (Å²) in [7, 11) is 0. The smallest absolute Gasteiger partial charge is 0.338 e. The topological polar surface area (TPSA) is 86.7 Å². The number of para-hydroxylation sites is 2. The first-order valence-electron chi connectivity index (χ1n) is 11.5. The summed E-state index contributed by atoms with van der Waals surface area (Å²) in [5.41, 5.74) is 1.10. The third-order valence-electron chi connectivity index (χ3n) is 5.86. The van der Waals surface area contributed by atoms with Crippen LogP contribution in [-0.4, -0.2) is 28.6 Å². The van der Waals surface area contributed by atoms with E-state index < -0.39 is 23.0 Å². The Morgan fingerprint density at radius 1 is 0.750 bits per heavy atom. The second-order valence-electron chi connectivity index (χ2n) is 8.34. The highest BCUT2D eigenvalue weighted by Crippen LogP contribution is 2.48. The first-order valence-corrected chi connectivity index (χ1v) is 14.8. The predicted octanol–water partition coefficient (Wildman–Crippen LogP) is 9.17. The molecule has 5 rings (SSSR count). The normalized spacial score (nSPS) is 11.9. The standard InChI is InChI=1S/C28H16Cl4N2O4S2/c29-23-21(22(28(37)38)24(30)26(32)25(23)31)27(36)33-14-9-11-15(12-10-14)39-13-20(35)34-16-5-1-3-7-18(16)40-19-8-4-2-6-17(19)34/h1-12H,13H2,(H,33,36)(H,37,38). The number of anilines is 3. The molecule has 2 N–H and O–H groups in total. The van der Waals surface area contributed by atoms with Gasteiger partial charge in [-0.05, 0) is 48.5 Å². The predicted molar refractivity (Wildman–Crippen MR) is 163 cm³/mol. The summed E-state index contributed by atoms with van der Waals surface area (Å²) in [5, 5.41) is 11.0. The van der Waals surface area contributed by atoms with Crippen molar-refractivity contribution < 1.29 is 19.5 Å². The number of amides is 2. The maximum absolute atomic E-state index is 13.4. The Morgan fingerprint density at radius 3 is 1.82 bits per heavy atom. The summed E-state index contributed by atoms with van der Waals surface area (Å²) in [6.07, 6.45) is 0. The summed E-state index contributed by atoms with van der Waals surface area (Å²) in [4.78, 5) is 42.7. The minimum Gasteiger partial charge on any atom is -0.478 e. The lowest BCUT2D eigenvalue weighted by Crippen LogP contribution is -2.29. The summed E-state index contributed by atoms with van der Waals surface area (Å²) < 4.78 is 0. The van der Waals surface area contributed by atoms with Crippen LogP contribution in [-0.2, 0) is 4.79 Å². The van der Waals surface area contributed by atoms with Gasteiger partial charge >= 0.3 is 5.97 Å². The molecule has 0 aromatic heterocycles. The lowest BCUT2D eigenvalue weighted by molar-refractivity contribution is -0.115. The van der Waals surface area contributed by atoms with Gasteiger partial charge in [0, 0.05) is 20.4 Å². The summed E-state index contributed by atoms with van der Waals surface area (Å²) in [5.74, 6) is -2.20. The van der Waals surface area contributed by atoms with E-state index in [-0.39, 0.29) is 31.8 Å². The Morgan fingerprint density at radius 2 is 1.27 bits per heavy atom. The van der Waals surface area contributed by atoms with Crippen molar-refractivity contribution in [1.82, 2.24) is 0 Å². The van der Waals surface area contributed by atoms with Gasteiger partial charge in [0.05, 0.1) is 48.3 Å². The van der Waals surface area contributed by atoms with Gasteiger partial charge in [-0.1, -0.05) is 82.4 Å². The van der Waals surface area contributed by atoms with E-state index in [1.54, 1.807) is 40.9 Å². The van der Waals surface area contributed by atoms with Crippen molar-refractivity contribution >= 4 is 105 Å². The Bertz CT molecular complexity index is 1640. The Hall–Kier alpha value is -2.85. The zero-order chi connectivity index (χ0) is 28.6. The highest BCUT2D eigenvalue weighted by molar-refractivity contribution is 8.00. The molecule has 0 saturated heterocycles. The zero-order valence-corrected chi connectivity index (χ0v) is 24.7. The van der Waals surface area contributed by atoms with Crippen LogP contribution in [0.1, 0.15) is 20.7 Å². The number of carboxylic acids is 1. The van der Waals surface area contributed by atoms with Gasteiger partial charge in [-0.15, -0.1) is 11.8 Å². The van der Waals surface area contributed by atoms with Gasteiger partial charge in [-0.2, -0.15) is 0 Å². The van der Waals surface area contributed by atoms with Crippen LogP contribution in [0.15, 0.2) is 87.5 Å². The van der Waals surface area contributed by atoms with Crippen molar-refractivity contribution in [2.45, 2.75) is 14.7 Å². The summed E-state index contributed by atoms with van der Waals surface area (Å²) in [6, 6.07) is 22.3. The number of aromatic carboxylic acids is 1. The number of carbonyl (C=O) groups is 3. The fraction of sp³-hybridized carbons (Fsp3) is 0.0357. The van der Waals surface area contributed by atoms with Gasteiger partial charge < -0.3 is 10.4 Å². The Balaban J connectivity index is 1.31. The minimum absolute atomic E-state index is 0.0742. The van der Waals surface area contributed by atoms with Gasteiger partial charge in [-0.3, -0.25) is 14.5 Å². The lowest BCUT2D eigenvalue weighted by atomic mass is 10.1. The molecule has 1 aliphatic heterocycles. The van der Waals surface area contributed by atoms with Crippen molar-refractivity contribution in [3.8, 4) is 0 Å². The van der Waals surface area contributed by atoms with Crippen molar-refractivity contribution in [3.63, 3.8) is 0 Å². The molecule has 4 aromatic rings. The van der Waals surface area contributed by atoms with Gasteiger partial charge in [-0.25, -0.2) is 4.79 Å². The molecule has 0 bridgehead atoms. The maximum atomic E-state index is 13.4. The second-order valence-corrected chi connectivity index (χ2v) is 12.0. The molecule has 0 saturated carbocycles. The number of hydrogen-bond donors (Lipinski definition) is 2. The molecule has 202 valence electrons. The molecule has 0 atom stereocenters. The SMILES string of the molecule is O=C(O)c1c(Cl)c(Cl)c(Cl)c(Cl)c1C(=O)Nc1ccc(SCC(=O)N2c3ccccc3Sc3ccccc32)cc1. The average molecular weight is 650 g/mol. The molecule has 0 spiro atoms. The summed E-state index contributed by atoms with van der Waals surface area (Å²) >= 11 is 27.2. The van der Waals surface area contributed by atoms with Crippen LogP contribution in [0.5, 0.6) is 0 Å². The Kier molecular flexibility index (Phi) is 8.56. The molecule has 2 amide bonds. The van der Waals surface area contributed by atoms with E-state index in [0.717, 1.165) is 26.1 Å². The van der Waals surface area contributed by atoms with Crippen LogP contribution in [0.4, 0.5) is 17.1 Å². The molecule has 12 heteroatoms. The maximum Gasteiger partial charge on any atom is 0.338 e. The number of rotatable bonds is 6. The second kappa shape index (κ2) is 11.9. The highest BCUT2D eigenvalue weighted by atomic mass is 35.5. The van der Waals surface area contributed by atoms with E-state index in [1.165, 1.54) is 11.8 Å². The quantitative estimate of drug-likeness (QED) is 0.123. The molecule has 0 aliphatic carbocycles. The van der Waals surface area contributed by atoms with Crippen molar-refractivity contribution in [2.75, 3.05) is 16.0 Å². The van der Waals surface area contributed by atoms with Crippen LogP contribution in [0.2, 0.25) is 20.1 Å². The van der Waals surface area contributed by atoms with Gasteiger partial charge in [0.15, 0.2) is 0 Å². The van der Waals surface area contributed by atoms with Crippen LogP contribution in [0.3, 0.4) is 0 Å². The van der Waals surface area contributed by atoms with Gasteiger partial charge in [0.2, 0.25) is 5.91 Å². The van der Waals surface area contributed by atoms with Gasteiger partial charge in [0.1, 0.15) is 0 Å². The van der Waals surface area contributed by atoms with E-state index in [1.807, 2.05) is 48.5 Å². The molecule has 1 aliphatic rings. The molecule has 40 heavy (non-hydrogen) atoms. The number of thioether (sulfide) groups is 1. The number of nitrogens with zero attached hydrogens (tertiary/aromatic N) is 1. The van der Waals surface area contributed by atoms with E-state index >= 15 is 0 Å². The largest absolute Gasteiger partial charge is 0.478 e. The van der Waals surface area contributed by atoms with Crippen LogP contribution in [0, 0.1) is 0 Å². The van der Waals surface area contributed by atoms with E-state index in [4.69, 9.17) is 46.4 Å². The molecular formula is C28H16Cl4N2O4S2. The van der Waals surface area contributed by atoms with Crippen molar-refractivity contribution in [2.24, 2.45) is 0 Å². The third kappa shape index (κ3) is 5.52. The number of hydrogen-bond acceptors (Lipinski definition) is 5. The molecule has 4 aromatic carbocycles. The summed E-state index contributed by atoms with van der Waals surface area (Å²) in [6.45, 7) is 0. The minimum atomic E-state index is -1.48. The first kappa shape index (κ1) is 28.7. The van der Waals surface area contributed by atoms with Crippen molar-refractivity contribution in [1.29, 1.82) is 0 Å². The zero-order valence-electron chi connectivity index (χ0n) is 20.1. The average Bonchev–Trinajstić information content (AvgIpc) is 2.95. The fourth-order valence-electron chi connectivity index (χ4n) is 4.06. The number of carboxylic acid groups (broad SMARTS) is 1. The lowest BCUT2D eigenvalue weighted by Gasteiger charge is -2.31. The number of carbonyl (C=O) groups excluding carboxylic acids is 2. The number of halogens is 4. The molecular weight excluding hydrogens is 634 g/mol. The first-order chi connectivity index (χ1) is 19.2. The number of nitrogens with one attached hydrogen (secondary N) is 1. The third-order valence-corrected chi connectivity index (χ3v) is 9.79. The molecule has 0 fully saturated rings. The number of benzene rings is 4. The monoisotopic (exact) mass is 648 g/mol. The van der Waals surface area contributed by atoms with E-state index in [9.17, 15) is 19.5 Å². The molecule has 1 heterocycles. The molecule has 0 unspecified atom stereocenters. The van der Waals surface area contributed by atoms with Crippen LogP contribution < -0.4 is 10.2 Å². The van der Waals surface area contributed by atoms with Gasteiger partial charge in [0.25, 0.3) is 5.91 Å². The van der Waals surface area contributed by atoms with E-state index in [0.29, 0.717) is 5.69 Å². The molecule has 6 nitrogen and oxygen atoms in total. The highest BCUT2D eigenvalue weighted by Gasteiger charge is 2.30. The molecule has 0 radical (unpaired) electrons.